The fraction of sp³-hybridized carbons (Fsp3) is 0.300. The van der Waals surface area contributed by atoms with Gasteiger partial charge < -0.3 is 5.32 Å². The van der Waals surface area contributed by atoms with Crippen LogP contribution in [0.25, 0.3) is 0 Å². The van der Waals surface area contributed by atoms with Crippen molar-refractivity contribution in [1.29, 1.82) is 0 Å². The van der Waals surface area contributed by atoms with Crippen molar-refractivity contribution in [1.82, 2.24) is 4.98 Å². The summed E-state index contributed by atoms with van der Waals surface area (Å²) in [4.78, 5) is 3.90. The molecule has 1 heterocycles. The van der Waals surface area contributed by atoms with Gasteiger partial charge in [0.25, 0.3) is 0 Å². The van der Waals surface area contributed by atoms with E-state index in [0.29, 0.717) is 11.2 Å². The van der Waals surface area contributed by atoms with Crippen molar-refractivity contribution in [2.45, 2.75) is 19.4 Å². The summed E-state index contributed by atoms with van der Waals surface area (Å²) in [6, 6.07) is 4.07. The summed E-state index contributed by atoms with van der Waals surface area (Å²) in [6.45, 7) is 5.77. The molecule has 0 saturated carbocycles. The standard InChI is InChI=1S/C10H13ClN2/c1-3-4-8(2)13-9-5-6-12-10(11)7-9/h3,5-8H,1,4H2,2H3,(H,12,13). The number of nitrogens with zero attached hydrogens (tertiary/aromatic N) is 1. The number of anilines is 1. The smallest absolute Gasteiger partial charge is 0.131 e. The van der Waals surface area contributed by atoms with Crippen molar-refractivity contribution in [2.24, 2.45) is 0 Å². The molecule has 0 bridgehead atoms. The second kappa shape index (κ2) is 4.87. The van der Waals surface area contributed by atoms with Crippen LogP contribution >= 0.6 is 11.6 Å². The first kappa shape index (κ1) is 10.1. The van der Waals surface area contributed by atoms with Crippen LogP contribution in [0.15, 0.2) is 31.0 Å². The lowest BCUT2D eigenvalue weighted by molar-refractivity contribution is 0.814. The predicted octanol–water partition coefficient (Wildman–Crippen LogP) is 3.11. The van der Waals surface area contributed by atoms with Crippen molar-refractivity contribution >= 4 is 17.3 Å². The van der Waals surface area contributed by atoms with Gasteiger partial charge in [-0.2, -0.15) is 0 Å². The lowest BCUT2D eigenvalue weighted by Crippen LogP contribution is -2.13. The molecule has 1 rings (SSSR count). The van der Waals surface area contributed by atoms with E-state index in [9.17, 15) is 0 Å². The summed E-state index contributed by atoms with van der Waals surface area (Å²) in [6.07, 6.45) is 4.51. The van der Waals surface area contributed by atoms with E-state index in [1.165, 1.54) is 0 Å². The highest BCUT2D eigenvalue weighted by Crippen LogP contribution is 2.13. The van der Waals surface area contributed by atoms with Crippen LogP contribution in [0.1, 0.15) is 13.3 Å². The fourth-order valence-corrected chi connectivity index (χ4v) is 1.26. The third-order valence-corrected chi connectivity index (χ3v) is 1.87. The molecule has 1 unspecified atom stereocenters. The summed E-state index contributed by atoms with van der Waals surface area (Å²) in [5, 5.41) is 3.80. The molecule has 1 N–H and O–H groups in total. The van der Waals surface area contributed by atoms with Crippen LogP contribution in [-0.4, -0.2) is 11.0 Å². The Morgan fingerprint density at radius 3 is 3.15 bits per heavy atom. The highest BCUT2D eigenvalue weighted by Gasteiger charge is 1.99. The summed E-state index contributed by atoms with van der Waals surface area (Å²) in [5.74, 6) is 0. The molecule has 1 aromatic heterocycles. The lowest BCUT2D eigenvalue weighted by Gasteiger charge is -2.12. The molecule has 3 heteroatoms. The van der Waals surface area contributed by atoms with E-state index in [1.54, 1.807) is 12.3 Å². The van der Waals surface area contributed by atoms with Crippen molar-refractivity contribution in [3.63, 3.8) is 0 Å². The molecular formula is C10H13ClN2. The van der Waals surface area contributed by atoms with Gasteiger partial charge in [-0.3, -0.25) is 0 Å². The molecule has 70 valence electrons. The highest BCUT2D eigenvalue weighted by molar-refractivity contribution is 6.29. The SMILES string of the molecule is C=CCC(C)Nc1ccnc(Cl)c1. The van der Waals surface area contributed by atoms with Crippen LogP contribution in [0.2, 0.25) is 5.15 Å². The normalized spacial score (nSPS) is 12.2. The first-order valence-electron chi connectivity index (χ1n) is 4.21. The van der Waals surface area contributed by atoms with Gasteiger partial charge in [0.15, 0.2) is 0 Å². The van der Waals surface area contributed by atoms with Crippen LogP contribution in [0.4, 0.5) is 5.69 Å². The van der Waals surface area contributed by atoms with Crippen LogP contribution in [0.5, 0.6) is 0 Å². The van der Waals surface area contributed by atoms with Crippen LogP contribution in [0.3, 0.4) is 0 Å². The van der Waals surface area contributed by atoms with Crippen LogP contribution in [-0.2, 0) is 0 Å². The van der Waals surface area contributed by atoms with Crippen molar-refractivity contribution in [2.75, 3.05) is 5.32 Å². The maximum absolute atomic E-state index is 5.73. The molecule has 0 aliphatic heterocycles. The molecule has 2 nitrogen and oxygen atoms in total. The average molecular weight is 197 g/mol. The summed E-state index contributed by atoms with van der Waals surface area (Å²) in [5.41, 5.74) is 0.995. The zero-order valence-electron chi connectivity index (χ0n) is 7.63. The Morgan fingerprint density at radius 1 is 1.77 bits per heavy atom. The number of rotatable bonds is 4. The van der Waals surface area contributed by atoms with Crippen molar-refractivity contribution in [3.8, 4) is 0 Å². The van der Waals surface area contributed by atoms with E-state index in [4.69, 9.17) is 11.6 Å². The van der Waals surface area contributed by atoms with Crippen molar-refractivity contribution < 1.29 is 0 Å². The second-order valence-electron chi connectivity index (χ2n) is 2.94. The van der Waals surface area contributed by atoms with Gasteiger partial charge in [-0.15, -0.1) is 6.58 Å². The minimum absolute atomic E-state index is 0.371. The Morgan fingerprint density at radius 2 is 2.54 bits per heavy atom. The van der Waals surface area contributed by atoms with Gasteiger partial charge in [-0.1, -0.05) is 17.7 Å². The van der Waals surface area contributed by atoms with Gasteiger partial charge in [0.05, 0.1) is 0 Å². The highest BCUT2D eigenvalue weighted by atomic mass is 35.5. The zero-order chi connectivity index (χ0) is 9.68. The van der Waals surface area contributed by atoms with Gasteiger partial charge in [0, 0.05) is 17.9 Å². The molecule has 0 aliphatic rings. The minimum Gasteiger partial charge on any atom is -0.382 e. The number of halogens is 1. The molecule has 0 aliphatic carbocycles. The Hall–Kier alpha value is -1.02. The van der Waals surface area contributed by atoms with Crippen LogP contribution in [0, 0.1) is 0 Å². The van der Waals surface area contributed by atoms with E-state index < -0.39 is 0 Å². The number of hydrogen-bond donors (Lipinski definition) is 1. The summed E-state index contributed by atoms with van der Waals surface area (Å²) in [7, 11) is 0. The van der Waals surface area contributed by atoms with Crippen LogP contribution < -0.4 is 5.32 Å². The Bertz CT molecular complexity index is 286. The van der Waals surface area contributed by atoms with E-state index in [0.717, 1.165) is 12.1 Å². The predicted molar refractivity (Wildman–Crippen MR) is 57.1 cm³/mol. The monoisotopic (exact) mass is 196 g/mol. The molecule has 0 radical (unpaired) electrons. The van der Waals surface area contributed by atoms with E-state index >= 15 is 0 Å². The first-order chi connectivity index (χ1) is 6.22. The number of hydrogen-bond acceptors (Lipinski definition) is 2. The Labute approximate surface area is 83.6 Å². The van der Waals surface area contributed by atoms with Gasteiger partial charge in [0.1, 0.15) is 5.15 Å². The molecule has 0 saturated heterocycles. The van der Waals surface area contributed by atoms with Gasteiger partial charge in [-0.25, -0.2) is 4.98 Å². The Kier molecular flexibility index (Phi) is 3.77. The molecular weight excluding hydrogens is 184 g/mol. The van der Waals surface area contributed by atoms with Crippen molar-refractivity contribution in [3.05, 3.63) is 36.1 Å². The third-order valence-electron chi connectivity index (χ3n) is 1.66. The molecule has 0 spiro atoms. The van der Waals surface area contributed by atoms with E-state index in [1.807, 2.05) is 12.1 Å². The molecule has 0 aromatic carbocycles. The largest absolute Gasteiger partial charge is 0.382 e. The summed E-state index contributed by atoms with van der Waals surface area (Å²) >= 11 is 5.73. The maximum atomic E-state index is 5.73. The zero-order valence-corrected chi connectivity index (χ0v) is 8.38. The van der Waals surface area contributed by atoms with Gasteiger partial charge in [0.2, 0.25) is 0 Å². The molecule has 0 amide bonds. The quantitative estimate of drug-likeness (QED) is 0.591. The van der Waals surface area contributed by atoms with Gasteiger partial charge in [-0.05, 0) is 25.5 Å². The minimum atomic E-state index is 0.371. The first-order valence-corrected chi connectivity index (χ1v) is 4.59. The molecule has 1 atom stereocenters. The number of pyridine rings is 1. The fourth-order valence-electron chi connectivity index (χ4n) is 1.09. The topological polar surface area (TPSA) is 24.9 Å². The molecule has 13 heavy (non-hydrogen) atoms. The number of aromatic nitrogens is 1. The number of nitrogens with one attached hydrogen (secondary N) is 1. The summed E-state index contributed by atoms with van der Waals surface area (Å²) < 4.78 is 0. The van der Waals surface area contributed by atoms with E-state index in [-0.39, 0.29) is 0 Å². The lowest BCUT2D eigenvalue weighted by atomic mass is 10.2. The van der Waals surface area contributed by atoms with Gasteiger partial charge >= 0.3 is 0 Å². The second-order valence-corrected chi connectivity index (χ2v) is 3.32. The maximum Gasteiger partial charge on any atom is 0.131 e. The van der Waals surface area contributed by atoms with E-state index in [2.05, 4.69) is 23.8 Å². The third kappa shape index (κ3) is 3.47. The molecule has 0 fully saturated rings. The average Bonchev–Trinajstić information content (AvgIpc) is 2.04. The Balaban J connectivity index is 2.58. The molecule has 1 aromatic rings.